The van der Waals surface area contributed by atoms with E-state index in [1.54, 1.807) is 12.1 Å². The van der Waals surface area contributed by atoms with Crippen LogP contribution < -0.4 is 15.2 Å². The van der Waals surface area contributed by atoms with Gasteiger partial charge in [-0.3, -0.25) is 14.9 Å². The Balaban J connectivity index is 1.69. The number of fused-ring (bicyclic) bond motifs is 1. The van der Waals surface area contributed by atoms with Crippen molar-refractivity contribution in [3.8, 4) is 17.0 Å². The highest BCUT2D eigenvalue weighted by Crippen LogP contribution is 2.36. The normalized spacial score (nSPS) is 14.7. The standard InChI is InChI=1S/C27H29N5O4/c1-17(20-12-13-22(36-3)21(16-20)32(34)35)23-18(2)28-26-25(30-14-8-5-9-15-30)24(29-31(26)27(23)33)19-10-6-4-7-11-19/h4,6-7,10-13,16-17,28H,5,8-9,14-15H2,1-3H3. The number of ether oxygens (including phenoxy) is 1. The van der Waals surface area contributed by atoms with Crippen LogP contribution >= 0.6 is 0 Å². The maximum atomic E-state index is 13.9. The van der Waals surface area contributed by atoms with Crippen molar-refractivity contribution in [1.29, 1.82) is 0 Å². The summed E-state index contributed by atoms with van der Waals surface area (Å²) in [6, 6.07) is 14.7. The van der Waals surface area contributed by atoms with Crippen LogP contribution in [0.25, 0.3) is 16.9 Å². The molecule has 0 radical (unpaired) electrons. The molecule has 36 heavy (non-hydrogen) atoms. The van der Waals surface area contributed by atoms with Crippen molar-refractivity contribution in [2.75, 3.05) is 25.1 Å². The first-order valence-electron chi connectivity index (χ1n) is 12.2. The van der Waals surface area contributed by atoms with Gasteiger partial charge < -0.3 is 14.6 Å². The van der Waals surface area contributed by atoms with Crippen LogP contribution in [0.15, 0.2) is 53.3 Å². The van der Waals surface area contributed by atoms with Crippen LogP contribution in [0.3, 0.4) is 0 Å². The Morgan fingerprint density at radius 2 is 1.83 bits per heavy atom. The number of benzene rings is 2. The van der Waals surface area contributed by atoms with E-state index in [0.717, 1.165) is 48.6 Å². The van der Waals surface area contributed by atoms with Gasteiger partial charge in [-0.05, 0) is 37.8 Å². The third-order valence-electron chi connectivity index (χ3n) is 7.05. The molecule has 5 rings (SSSR count). The summed E-state index contributed by atoms with van der Waals surface area (Å²) in [5.74, 6) is -0.214. The Hall–Kier alpha value is -4.14. The number of rotatable bonds is 6. The molecule has 3 heterocycles. The van der Waals surface area contributed by atoms with Crippen LogP contribution in [-0.2, 0) is 0 Å². The predicted molar refractivity (Wildman–Crippen MR) is 139 cm³/mol. The number of nitro groups is 1. The highest BCUT2D eigenvalue weighted by molar-refractivity contribution is 5.86. The number of H-pyrrole nitrogens is 1. The lowest BCUT2D eigenvalue weighted by Crippen LogP contribution is -2.30. The summed E-state index contributed by atoms with van der Waals surface area (Å²) in [6.45, 7) is 5.58. The first kappa shape index (κ1) is 23.6. The number of hydrogen-bond acceptors (Lipinski definition) is 6. The highest BCUT2D eigenvalue weighted by Gasteiger charge is 2.27. The molecule has 2 aromatic carbocycles. The van der Waals surface area contributed by atoms with Crippen LogP contribution in [0, 0.1) is 17.0 Å². The Morgan fingerprint density at radius 3 is 2.50 bits per heavy atom. The molecule has 0 amide bonds. The number of aromatic nitrogens is 3. The monoisotopic (exact) mass is 487 g/mol. The van der Waals surface area contributed by atoms with Crippen LogP contribution in [0.5, 0.6) is 5.75 Å². The van der Waals surface area contributed by atoms with Gasteiger partial charge in [0, 0.05) is 41.9 Å². The van der Waals surface area contributed by atoms with Gasteiger partial charge in [0.1, 0.15) is 11.4 Å². The van der Waals surface area contributed by atoms with Crippen molar-refractivity contribution >= 4 is 17.0 Å². The van der Waals surface area contributed by atoms with Crippen LogP contribution in [0.2, 0.25) is 0 Å². The number of anilines is 1. The van der Waals surface area contributed by atoms with Gasteiger partial charge in [-0.25, -0.2) is 0 Å². The van der Waals surface area contributed by atoms with E-state index < -0.39 is 10.8 Å². The molecule has 1 saturated heterocycles. The first-order chi connectivity index (χ1) is 17.4. The lowest BCUT2D eigenvalue weighted by atomic mass is 9.92. The van der Waals surface area contributed by atoms with Crippen molar-refractivity contribution in [3.05, 3.63) is 85.8 Å². The molecule has 1 N–H and O–H groups in total. The number of nitrogens with zero attached hydrogens (tertiary/aromatic N) is 4. The predicted octanol–water partition coefficient (Wildman–Crippen LogP) is 5.06. The summed E-state index contributed by atoms with van der Waals surface area (Å²) >= 11 is 0. The van der Waals surface area contributed by atoms with Gasteiger partial charge in [-0.1, -0.05) is 43.3 Å². The number of nitrogens with one attached hydrogen (secondary N) is 1. The Labute approximate surface area is 208 Å². The molecule has 0 aliphatic carbocycles. The van der Waals surface area contributed by atoms with Crippen molar-refractivity contribution in [2.45, 2.75) is 39.0 Å². The molecular formula is C27H29N5O4. The molecule has 9 heteroatoms. The number of methoxy groups -OCH3 is 1. The molecule has 1 unspecified atom stereocenters. The number of aryl methyl sites for hydroxylation is 1. The molecule has 0 bridgehead atoms. The quantitative estimate of drug-likeness (QED) is 0.301. The summed E-state index contributed by atoms with van der Waals surface area (Å²) in [5.41, 5.74) is 4.88. The minimum Gasteiger partial charge on any atom is -0.490 e. The molecule has 0 saturated carbocycles. The minimum atomic E-state index is -0.472. The average Bonchev–Trinajstić information content (AvgIpc) is 3.28. The zero-order valence-corrected chi connectivity index (χ0v) is 20.7. The van der Waals surface area contributed by atoms with E-state index in [0.29, 0.717) is 16.8 Å². The van der Waals surface area contributed by atoms with E-state index >= 15 is 0 Å². The number of nitro benzene ring substituents is 1. The molecule has 9 nitrogen and oxygen atoms in total. The summed E-state index contributed by atoms with van der Waals surface area (Å²) in [5, 5.41) is 16.4. The fourth-order valence-electron chi connectivity index (χ4n) is 5.19. The fraction of sp³-hybridized carbons (Fsp3) is 0.333. The van der Waals surface area contributed by atoms with E-state index in [1.165, 1.54) is 24.1 Å². The van der Waals surface area contributed by atoms with Gasteiger partial charge in [0.2, 0.25) is 0 Å². The smallest absolute Gasteiger partial charge is 0.311 e. The second-order valence-corrected chi connectivity index (χ2v) is 9.25. The number of piperidine rings is 1. The Kier molecular flexibility index (Phi) is 6.22. The molecule has 186 valence electrons. The van der Waals surface area contributed by atoms with Crippen LogP contribution in [-0.4, -0.2) is 39.7 Å². The highest BCUT2D eigenvalue weighted by atomic mass is 16.6. The molecule has 1 atom stereocenters. The topological polar surface area (TPSA) is 106 Å². The second kappa shape index (κ2) is 9.49. The van der Waals surface area contributed by atoms with E-state index in [4.69, 9.17) is 9.84 Å². The van der Waals surface area contributed by atoms with Crippen LogP contribution in [0.4, 0.5) is 11.4 Å². The maximum absolute atomic E-state index is 13.9. The summed E-state index contributed by atoms with van der Waals surface area (Å²) in [6.07, 6.45) is 3.39. The van der Waals surface area contributed by atoms with Gasteiger partial charge in [0.05, 0.1) is 12.0 Å². The summed E-state index contributed by atoms with van der Waals surface area (Å²) in [7, 11) is 1.40. The molecule has 1 aliphatic heterocycles. The average molecular weight is 488 g/mol. The zero-order valence-electron chi connectivity index (χ0n) is 20.7. The molecule has 1 fully saturated rings. The van der Waals surface area contributed by atoms with Gasteiger partial charge >= 0.3 is 5.69 Å². The molecule has 1 aliphatic rings. The third kappa shape index (κ3) is 4.00. The molecule has 2 aromatic heterocycles. The Bertz CT molecular complexity index is 1490. The third-order valence-corrected chi connectivity index (χ3v) is 7.05. The zero-order chi connectivity index (χ0) is 25.4. The number of hydrogen-bond donors (Lipinski definition) is 1. The van der Waals surface area contributed by atoms with Crippen molar-refractivity contribution in [3.63, 3.8) is 0 Å². The van der Waals surface area contributed by atoms with Gasteiger partial charge in [0.15, 0.2) is 11.4 Å². The van der Waals surface area contributed by atoms with Gasteiger partial charge in [0.25, 0.3) is 5.56 Å². The maximum Gasteiger partial charge on any atom is 0.311 e. The van der Waals surface area contributed by atoms with Crippen molar-refractivity contribution in [2.24, 2.45) is 0 Å². The molecule has 0 spiro atoms. The molecular weight excluding hydrogens is 458 g/mol. The minimum absolute atomic E-state index is 0.130. The van der Waals surface area contributed by atoms with Crippen LogP contribution in [0.1, 0.15) is 48.9 Å². The number of aromatic amines is 1. The summed E-state index contributed by atoms with van der Waals surface area (Å²) < 4.78 is 6.60. The van der Waals surface area contributed by atoms with E-state index in [9.17, 15) is 14.9 Å². The van der Waals surface area contributed by atoms with Crippen molar-refractivity contribution < 1.29 is 9.66 Å². The first-order valence-corrected chi connectivity index (χ1v) is 12.2. The lowest BCUT2D eigenvalue weighted by molar-refractivity contribution is -0.385. The van der Waals surface area contributed by atoms with E-state index in [-0.39, 0.29) is 17.0 Å². The fourth-order valence-corrected chi connectivity index (χ4v) is 5.19. The largest absolute Gasteiger partial charge is 0.490 e. The summed E-state index contributed by atoms with van der Waals surface area (Å²) in [4.78, 5) is 30.8. The van der Waals surface area contributed by atoms with E-state index in [2.05, 4.69) is 9.88 Å². The second-order valence-electron chi connectivity index (χ2n) is 9.25. The SMILES string of the molecule is COc1ccc(C(C)c2c(C)[nH]c3c(N4CCCCC4)c(-c4ccccc4)nn3c2=O)cc1[N+](=O)[O-]. The van der Waals surface area contributed by atoms with E-state index in [1.807, 2.05) is 44.2 Å². The Morgan fingerprint density at radius 1 is 1.11 bits per heavy atom. The van der Waals surface area contributed by atoms with Crippen molar-refractivity contribution in [1.82, 2.24) is 14.6 Å². The lowest BCUT2D eigenvalue weighted by Gasteiger charge is -2.28. The van der Waals surface area contributed by atoms with Gasteiger partial charge in [-0.2, -0.15) is 9.61 Å². The molecule has 4 aromatic rings. The van der Waals surface area contributed by atoms with Gasteiger partial charge in [-0.15, -0.1) is 0 Å².